The molecule has 112 valence electrons. The predicted molar refractivity (Wildman–Crippen MR) is 90.6 cm³/mol. The molecule has 2 N–H and O–H groups in total. The summed E-state index contributed by atoms with van der Waals surface area (Å²) in [5, 5.41) is 0. The van der Waals surface area contributed by atoms with Crippen molar-refractivity contribution in [3.8, 4) is 0 Å². The number of carbonyl (C=O) groups excluding carboxylic acids is 2. The maximum absolute atomic E-state index is 12.5. The van der Waals surface area contributed by atoms with Crippen LogP contribution in [0.5, 0.6) is 0 Å². The average molecular weight is 301 g/mol. The minimum atomic E-state index is -0.151. The fourth-order valence-electron chi connectivity index (χ4n) is 2.41. The number of benzene rings is 3. The molecule has 3 aromatic rings. The van der Waals surface area contributed by atoms with Crippen molar-refractivity contribution < 1.29 is 9.59 Å². The van der Waals surface area contributed by atoms with Crippen LogP contribution >= 0.6 is 0 Å². The minimum Gasteiger partial charge on any atom is -0.398 e. The third-order valence-electron chi connectivity index (χ3n) is 3.63. The van der Waals surface area contributed by atoms with Crippen LogP contribution in [0.3, 0.4) is 0 Å². The van der Waals surface area contributed by atoms with Gasteiger partial charge < -0.3 is 5.73 Å². The van der Waals surface area contributed by atoms with Gasteiger partial charge in [-0.25, -0.2) is 0 Å². The molecule has 0 spiro atoms. The summed E-state index contributed by atoms with van der Waals surface area (Å²) in [5.41, 5.74) is 8.35. The quantitative estimate of drug-likeness (QED) is 0.590. The van der Waals surface area contributed by atoms with E-state index in [2.05, 4.69) is 0 Å². The van der Waals surface area contributed by atoms with Crippen LogP contribution in [0, 0.1) is 0 Å². The van der Waals surface area contributed by atoms with Crippen LogP contribution in [-0.4, -0.2) is 11.6 Å². The first-order valence-corrected chi connectivity index (χ1v) is 7.26. The molecule has 3 nitrogen and oxygen atoms in total. The van der Waals surface area contributed by atoms with Crippen molar-refractivity contribution in [1.82, 2.24) is 0 Å². The summed E-state index contributed by atoms with van der Waals surface area (Å²) >= 11 is 0. The van der Waals surface area contributed by atoms with Gasteiger partial charge in [0.1, 0.15) is 0 Å². The van der Waals surface area contributed by atoms with E-state index in [1.54, 1.807) is 54.6 Å². The molecule has 0 bridgehead atoms. The van der Waals surface area contributed by atoms with E-state index in [0.29, 0.717) is 27.9 Å². The molecule has 0 heterocycles. The molecule has 0 radical (unpaired) electrons. The molecule has 3 rings (SSSR count). The van der Waals surface area contributed by atoms with Crippen LogP contribution < -0.4 is 5.73 Å². The van der Waals surface area contributed by atoms with Gasteiger partial charge >= 0.3 is 0 Å². The molecule has 0 fully saturated rings. The molecule has 0 saturated heterocycles. The Morgan fingerprint density at radius 3 is 1.65 bits per heavy atom. The van der Waals surface area contributed by atoms with Gasteiger partial charge in [0.25, 0.3) is 0 Å². The van der Waals surface area contributed by atoms with Gasteiger partial charge in [0, 0.05) is 27.9 Å². The highest BCUT2D eigenvalue weighted by molar-refractivity contribution is 6.14. The summed E-state index contributed by atoms with van der Waals surface area (Å²) in [4.78, 5) is 24.9. The number of nitrogen functional groups attached to an aromatic ring is 1. The molecule has 0 saturated carbocycles. The first-order valence-electron chi connectivity index (χ1n) is 7.26. The maximum atomic E-state index is 12.5. The van der Waals surface area contributed by atoms with E-state index in [4.69, 9.17) is 5.73 Å². The zero-order valence-corrected chi connectivity index (χ0v) is 12.4. The predicted octanol–water partition coefficient (Wildman–Crippen LogP) is 3.73. The number of carbonyl (C=O) groups is 2. The first kappa shape index (κ1) is 14.7. The number of hydrogen-bond donors (Lipinski definition) is 1. The van der Waals surface area contributed by atoms with E-state index in [0.717, 1.165) is 0 Å². The van der Waals surface area contributed by atoms with Gasteiger partial charge in [0.05, 0.1) is 0 Å². The Kier molecular flexibility index (Phi) is 4.02. The molecule has 0 amide bonds. The lowest BCUT2D eigenvalue weighted by Crippen LogP contribution is -2.08. The Labute approximate surface area is 134 Å². The monoisotopic (exact) mass is 301 g/mol. The van der Waals surface area contributed by atoms with Crippen LogP contribution in [0.1, 0.15) is 31.8 Å². The molecule has 0 aromatic heterocycles. The van der Waals surface area contributed by atoms with Crippen molar-refractivity contribution >= 4 is 17.3 Å². The van der Waals surface area contributed by atoms with Gasteiger partial charge in [-0.3, -0.25) is 9.59 Å². The van der Waals surface area contributed by atoms with Crippen molar-refractivity contribution in [3.05, 3.63) is 101 Å². The average Bonchev–Trinajstić information content (AvgIpc) is 2.62. The van der Waals surface area contributed by atoms with Gasteiger partial charge in [0.15, 0.2) is 11.6 Å². The Morgan fingerprint density at radius 2 is 1.13 bits per heavy atom. The number of nitrogens with two attached hydrogens (primary N) is 1. The van der Waals surface area contributed by atoms with Crippen molar-refractivity contribution in [2.24, 2.45) is 0 Å². The number of anilines is 1. The third-order valence-corrected chi connectivity index (χ3v) is 3.63. The van der Waals surface area contributed by atoms with E-state index in [-0.39, 0.29) is 11.6 Å². The molecule has 0 aliphatic heterocycles. The highest BCUT2D eigenvalue weighted by Crippen LogP contribution is 2.20. The zero-order valence-electron chi connectivity index (χ0n) is 12.4. The summed E-state index contributed by atoms with van der Waals surface area (Å²) < 4.78 is 0. The molecule has 0 unspecified atom stereocenters. The Morgan fingerprint density at radius 1 is 0.609 bits per heavy atom. The zero-order chi connectivity index (χ0) is 16.2. The number of ketones is 2. The molecule has 0 aliphatic rings. The van der Waals surface area contributed by atoms with E-state index >= 15 is 0 Å². The molecule has 3 heteroatoms. The van der Waals surface area contributed by atoms with E-state index in [1.807, 2.05) is 24.3 Å². The highest BCUT2D eigenvalue weighted by atomic mass is 16.1. The number of rotatable bonds is 4. The molecular weight excluding hydrogens is 286 g/mol. The summed E-state index contributed by atoms with van der Waals surface area (Å²) in [6.45, 7) is 0. The summed E-state index contributed by atoms with van der Waals surface area (Å²) in [6, 6.07) is 22.7. The normalized spacial score (nSPS) is 10.3. The van der Waals surface area contributed by atoms with Crippen molar-refractivity contribution in [2.45, 2.75) is 0 Å². The fraction of sp³-hybridized carbons (Fsp3) is 0. The second-order valence-corrected chi connectivity index (χ2v) is 5.19. The maximum Gasteiger partial charge on any atom is 0.195 e. The fourth-order valence-corrected chi connectivity index (χ4v) is 2.41. The van der Waals surface area contributed by atoms with Gasteiger partial charge in [-0.2, -0.15) is 0 Å². The lowest BCUT2D eigenvalue weighted by Gasteiger charge is -2.08. The van der Waals surface area contributed by atoms with Gasteiger partial charge in [0.2, 0.25) is 0 Å². The first-order chi connectivity index (χ1) is 11.2. The standard InChI is InChI=1S/C20H15NO2/c21-18-13-16(19(22)14-7-3-1-4-8-14)11-12-17(18)20(23)15-9-5-2-6-10-15/h1-13H,21H2. The van der Waals surface area contributed by atoms with Crippen LogP contribution in [0.4, 0.5) is 5.69 Å². The van der Waals surface area contributed by atoms with Crippen LogP contribution in [-0.2, 0) is 0 Å². The molecule has 3 aromatic carbocycles. The minimum absolute atomic E-state index is 0.115. The lowest BCUT2D eigenvalue weighted by molar-refractivity contribution is 0.102. The summed E-state index contributed by atoms with van der Waals surface area (Å²) in [6.07, 6.45) is 0. The van der Waals surface area contributed by atoms with Gasteiger partial charge in [-0.1, -0.05) is 66.7 Å². The SMILES string of the molecule is Nc1cc(C(=O)c2ccccc2)ccc1C(=O)c1ccccc1. The van der Waals surface area contributed by atoms with Crippen LogP contribution in [0.25, 0.3) is 0 Å². The highest BCUT2D eigenvalue weighted by Gasteiger charge is 2.15. The number of hydrogen-bond acceptors (Lipinski definition) is 3. The van der Waals surface area contributed by atoms with Crippen molar-refractivity contribution in [3.63, 3.8) is 0 Å². The van der Waals surface area contributed by atoms with Crippen LogP contribution in [0.15, 0.2) is 78.9 Å². The Bertz CT molecular complexity index is 855. The van der Waals surface area contributed by atoms with E-state index in [1.165, 1.54) is 0 Å². The van der Waals surface area contributed by atoms with Crippen molar-refractivity contribution in [1.29, 1.82) is 0 Å². The van der Waals surface area contributed by atoms with Crippen molar-refractivity contribution in [2.75, 3.05) is 5.73 Å². The van der Waals surface area contributed by atoms with E-state index in [9.17, 15) is 9.59 Å². The van der Waals surface area contributed by atoms with Gasteiger partial charge in [-0.15, -0.1) is 0 Å². The molecule has 23 heavy (non-hydrogen) atoms. The molecular formula is C20H15NO2. The topological polar surface area (TPSA) is 60.2 Å². The Hall–Kier alpha value is -3.20. The third kappa shape index (κ3) is 3.04. The molecule has 0 atom stereocenters. The Balaban J connectivity index is 1.93. The second-order valence-electron chi connectivity index (χ2n) is 5.19. The smallest absolute Gasteiger partial charge is 0.195 e. The summed E-state index contributed by atoms with van der Waals surface area (Å²) in [5.74, 6) is -0.266. The van der Waals surface area contributed by atoms with E-state index < -0.39 is 0 Å². The summed E-state index contributed by atoms with van der Waals surface area (Å²) in [7, 11) is 0. The lowest BCUT2D eigenvalue weighted by atomic mass is 9.97. The second kappa shape index (κ2) is 6.28. The largest absolute Gasteiger partial charge is 0.398 e. The molecule has 0 aliphatic carbocycles. The van der Waals surface area contributed by atoms with Crippen LogP contribution in [0.2, 0.25) is 0 Å². The van der Waals surface area contributed by atoms with Gasteiger partial charge in [-0.05, 0) is 12.1 Å².